The second kappa shape index (κ2) is 4.72. The first-order chi connectivity index (χ1) is 8.36. The predicted molar refractivity (Wildman–Crippen MR) is 73.6 cm³/mol. The molecule has 0 bridgehead atoms. The third kappa shape index (κ3) is 2.48. The molecule has 1 saturated heterocycles. The number of hydrogen-bond donors (Lipinski definition) is 1. The highest BCUT2D eigenvalue weighted by Crippen LogP contribution is 2.24. The van der Waals surface area contributed by atoms with Crippen molar-refractivity contribution in [2.45, 2.75) is 43.9 Å². The Morgan fingerprint density at radius 1 is 1.39 bits per heavy atom. The molecule has 18 heavy (non-hydrogen) atoms. The molecule has 1 aliphatic heterocycles. The third-order valence-corrected chi connectivity index (χ3v) is 6.53. The van der Waals surface area contributed by atoms with Crippen molar-refractivity contribution in [3.63, 3.8) is 0 Å². The fourth-order valence-corrected chi connectivity index (χ4v) is 3.72. The van der Waals surface area contributed by atoms with E-state index in [1.165, 1.54) is 19.3 Å². The maximum atomic E-state index is 12.0. The Morgan fingerprint density at radius 3 is 2.50 bits per heavy atom. The Bertz CT molecular complexity index is 438. The van der Waals surface area contributed by atoms with Gasteiger partial charge in [-0.25, -0.2) is 8.42 Å². The van der Waals surface area contributed by atoms with Gasteiger partial charge in [0.2, 0.25) is 0 Å². The number of aliphatic imine (C=N–C) groups is 1. The number of nitrogens with one attached hydrogen (secondary N) is 1. The second-order valence-electron chi connectivity index (χ2n) is 5.82. The molecular weight excluding hydrogens is 250 g/mol. The van der Waals surface area contributed by atoms with Crippen LogP contribution in [0, 0.1) is 0 Å². The van der Waals surface area contributed by atoms with Crippen LogP contribution in [0.1, 0.15) is 33.1 Å². The van der Waals surface area contributed by atoms with Crippen molar-refractivity contribution in [3.8, 4) is 0 Å². The van der Waals surface area contributed by atoms with Crippen molar-refractivity contribution in [2.75, 3.05) is 25.9 Å². The average molecular weight is 273 g/mol. The van der Waals surface area contributed by atoms with E-state index in [0.717, 1.165) is 5.96 Å². The molecule has 0 amide bonds. The van der Waals surface area contributed by atoms with Crippen LogP contribution in [0.2, 0.25) is 0 Å². The van der Waals surface area contributed by atoms with Crippen LogP contribution in [0.4, 0.5) is 0 Å². The van der Waals surface area contributed by atoms with Gasteiger partial charge in [0.25, 0.3) is 0 Å². The van der Waals surface area contributed by atoms with E-state index in [9.17, 15) is 8.42 Å². The molecule has 1 aliphatic carbocycles. The molecule has 5 nitrogen and oxygen atoms in total. The van der Waals surface area contributed by atoms with E-state index in [1.807, 2.05) is 0 Å². The molecule has 0 aromatic carbocycles. The summed E-state index contributed by atoms with van der Waals surface area (Å²) >= 11 is 0. The third-order valence-electron chi connectivity index (χ3n) is 3.99. The van der Waals surface area contributed by atoms with E-state index in [-0.39, 0.29) is 5.75 Å². The highest BCUT2D eigenvalue weighted by Gasteiger charge is 2.41. The molecule has 2 rings (SSSR count). The minimum absolute atomic E-state index is 0.214. The van der Waals surface area contributed by atoms with Crippen LogP contribution in [-0.4, -0.2) is 56.0 Å². The Kier molecular flexibility index (Phi) is 3.58. The number of rotatable bonds is 1. The van der Waals surface area contributed by atoms with Crippen molar-refractivity contribution in [1.82, 2.24) is 10.2 Å². The van der Waals surface area contributed by atoms with Gasteiger partial charge in [-0.2, -0.15) is 0 Å². The Labute approximate surface area is 110 Å². The normalized spacial score (nSPS) is 27.7. The first-order valence-electron chi connectivity index (χ1n) is 6.56. The first kappa shape index (κ1) is 13.6. The van der Waals surface area contributed by atoms with Crippen LogP contribution in [0.5, 0.6) is 0 Å². The van der Waals surface area contributed by atoms with E-state index < -0.39 is 14.6 Å². The van der Waals surface area contributed by atoms with E-state index in [0.29, 0.717) is 19.1 Å². The van der Waals surface area contributed by atoms with Gasteiger partial charge in [0.15, 0.2) is 15.8 Å². The first-order valence-corrected chi connectivity index (χ1v) is 8.21. The molecule has 0 spiro atoms. The summed E-state index contributed by atoms with van der Waals surface area (Å²) in [5.41, 5.74) is 0. The maximum absolute atomic E-state index is 12.0. The fraction of sp³-hybridized carbons (Fsp3) is 0.917. The Hall–Kier alpha value is -0.780. The maximum Gasteiger partial charge on any atom is 0.193 e. The summed E-state index contributed by atoms with van der Waals surface area (Å²) in [5.74, 6) is 1.06. The average Bonchev–Trinajstić information content (AvgIpc) is 2.21. The van der Waals surface area contributed by atoms with Crippen molar-refractivity contribution >= 4 is 15.8 Å². The molecular formula is C12H23N3O2S. The van der Waals surface area contributed by atoms with Crippen LogP contribution < -0.4 is 5.32 Å². The van der Waals surface area contributed by atoms with Crippen LogP contribution in [0.15, 0.2) is 4.99 Å². The molecule has 0 radical (unpaired) electrons. The highest BCUT2D eigenvalue weighted by atomic mass is 32.2. The van der Waals surface area contributed by atoms with Gasteiger partial charge in [0.1, 0.15) is 0 Å². The standard InChI is InChI=1S/C12H23N3O2S/c1-12(2)9-15(7-8-18(12,16)17)11(13-3)14-10-5-4-6-10/h10H,4-9H2,1-3H3,(H,13,14). The summed E-state index contributed by atoms with van der Waals surface area (Å²) in [6.07, 6.45) is 3.65. The smallest absolute Gasteiger partial charge is 0.193 e. The topological polar surface area (TPSA) is 61.8 Å². The molecule has 1 saturated carbocycles. The van der Waals surface area contributed by atoms with E-state index in [1.54, 1.807) is 20.9 Å². The molecule has 0 aromatic rings. The lowest BCUT2D eigenvalue weighted by atomic mass is 9.93. The zero-order valence-corrected chi connectivity index (χ0v) is 12.3. The van der Waals surface area contributed by atoms with E-state index >= 15 is 0 Å². The lowest BCUT2D eigenvalue weighted by molar-refractivity contribution is 0.324. The molecule has 6 heteroatoms. The second-order valence-corrected chi connectivity index (χ2v) is 8.56. The largest absolute Gasteiger partial charge is 0.354 e. The van der Waals surface area contributed by atoms with Gasteiger partial charge < -0.3 is 10.2 Å². The van der Waals surface area contributed by atoms with Gasteiger partial charge in [-0.1, -0.05) is 0 Å². The molecule has 0 aromatic heterocycles. The lowest BCUT2D eigenvalue weighted by Crippen LogP contribution is -2.58. The number of hydrogen-bond acceptors (Lipinski definition) is 3. The van der Waals surface area contributed by atoms with Crippen molar-refractivity contribution in [2.24, 2.45) is 4.99 Å². The van der Waals surface area contributed by atoms with Crippen molar-refractivity contribution < 1.29 is 8.42 Å². The fourth-order valence-electron chi connectivity index (χ4n) is 2.36. The van der Waals surface area contributed by atoms with Gasteiger partial charge in [-0.3, -0.25) is 4.99 Å². The molecule has 0 atom stereocenters. The SMILES string of the molecule is CN=C(NC1CCC1)N1CCS(=O)(=O)C(C)(C)C1. The van der Waals surface area contributed by atoms with Gasteiger partial charge in [-0.15, -0.1) is 0 Å². The molecule has 0 unspecified atom stereocenters. The number of nitrogens with zero attached hydrogens (tertiary/aromatic N) is 2. The number of guanidine groups is 1. The monoisotopic (exact) mass is 273 g/mol. The number of sulfone groups is 1. The van der Waals surface area contributed by atoms with Gasteiger partial charge in [0, 0.05) is 26.2 Å². The quantitative estimate of drug-likeness (QED) is 0.562. The summed E-state index contributed by atoms with van der Waals surface area (Å²) in [6.45, 7) is 4.65. The summed E-state index contributed by atoms with van der Waals surface area (Å²) in [5, 5.41) is 3.42. The van der Waals surface area contributed by atoms with Gasteiger partial charge in [0.05, 0.1) is 10.5 Å². The van der Waals surface area contributed by atoms with E-state index in [4.69, 9.17) is 0 Å². The van der Waals surface area contributed by atoms with Crippen LogP contribution in [-0.2, 0) is 9.84 Å². The molecule has 1 N–H and O–H groups in total. The van der Waals surface area contributed by atoms with Crippen molar-refractivity contribution in [1.29, 1.82) is 0 Å². The van der Waals surface area contributed by atoms with Crippen molar-refractivity contribution in [3.05, 3.63) is 0 Å². The minimum Gasteiger partial charge on any atom is -0.354 e. The molecule has 2 aliphatic rings. The zero-order valence-electron chi connectivity index (χ0n) is 11.4. The summed E-state index contributed by atoms with van der Waals surface area (Å²) in [7, 11) is -1.22. The molecule has 2 fully saturated rings. The summed E-state index contributed by atoms with van der Waals surface area (Å²) in [6, 6.07) is 0.519. The van der Waals surface area contributed by atoms with Crippen LogP contribution in [0.25, 0.3) is 0 Å². The van der Waals surface area contributed by atoms with Gasteiger partial charge in [-0.05, 0) is 33.1 Å². The van der Waals surface area contributed by atoms with Gasteiger partial charge >= 0.3 is 0 Å². The highest BCUT2D eigenvalue weighted by molar-refractivity contribution is 7.92. The zero-order chi connectivity index (χ0) is 13.4. The lowest BCUT2D eigenvalue weighted by Gasteiger charge is -2.41. The summed E-state index contributed by atoms with van der Waals surface area (Å²) < 4.78 is 23.2. The van der Waals surface area contributed by atoms with E-state index in [2.05, 4.69) is 15.2 Å². The molecule has 104 valence electrons. The van der Waals surface area contributed by atoms with Crippen LogP contribution in [0.3, 0.4) is 0 Å². The predicted octanol–water partition coefficient (Wildman–Crippen LogP) is 0.623. The summed E-state index contributed by atoms with van der Waals surface area (Å²) in [4.78, 5) is 6.35. The Balaban J connectivity index is 2.05. The Morgan fingerprint density at radius 2 is 2.06 bits per heavy atom. The van der Waals surface area contributed by atoms with Crippen LogP contribution >= 0.6 is 0 Å². The minimum atomic E-state index is -2.98. The molecule has 1 heterocycles.